The Kier molecular flexibility index (Phi) is 5.19. The molecular formula is C24H20F3N3O3. The van der Waals surface area contributed by atoms with Crippen molar-refractivity contribution in [2.24, 2.45) is 5.92 Å². The van der Waals surface area contributed by atoms with Crippen molar-refractivity contribution in [3.63, 3.8) is 0 Å². The fourth-order valence-corrected chi connectivity index (χ4v) is 4.76. The first kappa shape index (κ1) is 21.2. The zero-order chi connectivity index (χ0) is 23.3. The number of fused-ring (bicyclic) bond motifs is 1. The number of nitrogens with one attached hydrogen (secondary N) is 3. The van der Waals surface area contributed by atoms with Crippen molar-refractivity contribution in [1.82, 2.24) is 15.6 Å². The second-order valence-corrected chi connectivity index (χ2v) is 8.68. The molecule has 1 aromatic heterocycles. The van der Waals surface area contributed by atoms with Crippen LogP contribution in [0.4, 0.5) is 13.2 Å². The average molecular weight is 455 g/mol. The first-order valence-corrected chi connectivity index (χ1v) is 10.7. The van der Waals surface area contributed by atoms with Crippen LogP contribution in [0.1, 0.15) is 37.2 Å². The highest BCUT2D eigenvalue weighted by molar-refractivity contribution is 6.02. The maximum atomic E-state index is 14.5. The van der Waals surface area contributed by atoms with Gasteiger partial charge in [0, 0.05) is 30.3 Å². The maximum Gasteiger partial charge on any atom is 0.227 e. The average Bonchev–Trinajstić information content (AvgIpc) is 3.09. The molecule has 1 aliphatic heterocycles. The third-order valence-electron chi connectivity index (χ3n) is 6.40. The quantitative estimate of drug-likeness (QED) is 0.525. The Labute approximate surface area is 186 Å². The van der Waals surface area contributed by atoms with Crippen LogP contribution >= 0.6 is 0 Å². The van der Waals surface area contributed by atoms with Gasteiger partial charge in [0.05, 0.1) is 17.1 Å². The van der Waals surface area contributed by atoms with Gasteiger partial charge in [0.25, 0.3) is 0 Å². The summed E-state index contributed by atoms with van der Waals surface area (Å²) in [7, 11) is 0. The summed E-state index contributed by atoms with van der Waals surface area (Å²) in [5, 5.41) is 5.47. The number of hydrogen-bond donors (Lipinski definition) is 3. The molecule has 170 valence electrons. The molecule has 3 amide bonds. The summed E-state index contributed by atoms with van der Waals surface area (Å²) in [5.74, 6) is -3.90. The molecule has 2 aromatic carbocycles. The van der Waals surface area contributed by atoms with Crippen molar-refractivity contribution >= 4 is 28.6 Å². The van der Waals surface area contributed by atoms with E-state index in [4.69, 9.17) is 0 Å². The number of aromatic amines is 1. The van der Waals surface area contributed by atoms with Gasteiger partial charge in [0.15, 0.2) is 0 Å². The monoisotopic (exact) mass is 455 g/mol. The van der Waals surface area contributed by atoms with Gasteiger partial charge in [-0.3, -0.25) is 19.7 Å². The Balaban J connectivity index is 1.39. The van der Waals surface area contributed by atoms with Gasteiger partial charge in [-0.25, -0.2) is 13.2 Å². The Morgan fingerprint density at radius 3 is 2.27 bits per heavy atom. The van der Waals surface area contributed by atoms with Gasteiger partial charge in [-0.2, -0.15) is 0 Å². The molecule has 1 aliphatic carbocycles. The summed E-state index contributed by atoms with van der Waals surface area (Å²) in [5.41, 5.74) is 2.11. The van der Waals surface area contributed by atoms with Crippen LogP contribution in [0.2, 0.25) is 0 Å². The van der Waals surface area contributed by atoms with Gasteiger partial charge in [-0.1, -0.05) is 0 Å². The number of hydrogen-bond acceptors (Lipinski definition) is 3. The van der Waals surface area contributed by atoms with Gasteiger partial charge in [0.1, 0.15) is 17.5 Å². The van der Waals surface area contributed by atoms with Crippen LogP contribution in [0, 0.1) is 23.4 Å². The fraction of sp³-hybridized carbons (Fsp3) is 0.292. The van der Waals surface area contributed by atoms with E-state index >= 15 is 0 Å². The standard InChI is InChI=1S/C24H20F3N3O3/c25-14-3-1-11(2-4-14)22-21(17-9-15(26)10-18(27)23(17)30-22)12-5-16(6-12)28-24(33)13-7-19(31)29-20(32)8-13/h1-4,9-10,12-13,16,30H,5-8H2,(H,28,33)(H,29,31,32)/t12-,16+. The summed E-state index contributed by atoms with van der Waals surface area (Å²) in [4.78, 5) is 38.6. The largest absolute Gasteiger partial charge is 0.353 e. The number of aromatic nitrogens is 1. The molecular weight excluding hydrogens is 435 g/mol. The second-order valence-electron chi connectivity index (χ2n) is 8.68. The predicted octanol–water partition coefficient (Wildman–Crippen LogP) is 3.67. The number of halogens is 3. The number of carbonyl (C=O) groups excluding carboxylic acids is 3. The van der Waals surface area contributed by atoms with E-state index < -0.39 is 35.2 Å². The number of benzene rings is 2. The number of H-pyrrole nitrogens is 1. The van der Waals surface area contributed by atoms with Crippen molar-refractivity contribution in [1.29, 1.82) is 0 Å². The smallest absolute Gasteiger partial charge is 0.227 e. The van der Waals surface area contributed by atoms with E-state index in [0.29, 0.717) is 35.0 Å². The van der Waals surface area contributed by atoms with Crippen LogP contribution in [-0.4, -0.2) is 28.7 Å². The Hall–Kier alpha value is -3.62. The van der Waals surface area contributed by atoms with Crippen molar-refractivity contribution in [3.8, 4) is 11.3 Å². The summed E-state index contributed by atoms with van der Waals surface area (Å²) in [6.07, 6.45) is 0.975. The van der Waals surface area contributed by atoms with E-state index in [2.05, 4.69) is 15.6 Å². The van der Waals surface area contributed by atoms with E-state index in [0.717, 1.165) is 6.07 Å². The van der Waals surface area contributed by atoms with Gasteiger partial charge < -0.3 is 10.3 Å². The van der Waals surface area contributed by atoms with E-state index in [1.54, 1.807) is 12.1 Å². The van der Waals surface area contributed by atoms with Crippen LogP contribution < -0.4 is 10.6 Å². The summed E-state index contributed by atoms with van der Waals surface area (Å²) in [6, 6.07) is 7.63. The molecule has 2 fully saturated rings. The second kappa shape index (κ2) is 8.06. The normalized spacial score (nSPS) is 21.1. The Bertz CT molecular complexity index is 1260. The molecule has 0 radical (unpaired) electrons. The fourth-order valence-electron chi connectivity index (χ4n) is 4.76. The number of rotatable bonds is 4. The minimum atomic E-state index is -0.718. The van der Waals surface area contributed by atoms with Crippen LogP contribution in [-0.2, 0) is 14.4 Å². The number of piperidine rings is 1. The molecule has 33 heavy (non-hydrogen) atoms. The van der Waals surface area contributed by atoms with Crippen molar-refractivity contribution < 1.29 is 27.6 Å². The predicted molar refractivity (Wildman–Crippen MR) is 113 cm³/mol. The van der Waals surface area contributed by atoms with Gasteiger partial charge in [-0.15, -0.1) is 0 Å². The summed E-state index contributed by atoms with van der Waals surface area (Å²) >= 11 is 0. The van der Waals surface area contributed by atoms with Crippen LogP contribution in [0.5, 0.6) is 0 Å². The molecule has 0 atom stereocenters. The summed E-state index contributed by atoms with van der Waals surface area (Å²) in [6.45, 7) is 0. The van der Waals surface area contributed by atoms with Gasteiger partial charge in [0.2, 0.25) is 17.7 Å². The first-order chi connectivity index (χ1) is 15.8. The molecule has 2 heterocycles. The third-order valence-corrected chi connectivity index (χ3v) is 6.40. The van der Waals surface area contributed by atoms with Crippen molar-refractivity contribution in [2.45, 2.75) is 37.6 Å². The van der Waals surface area contributed by atoms with E-state index in [1.807, 2.05) is 0 Å². The molecule has 1 saturated carbocycles. The Morgan fingerprint density at radius 2 is 1.61 bits per heavy atom. The number of imide groups is 1. The first-order valence-electron chi connectivity index (χ1n) is 10.7. The zero-order valence-electron chi connectivity index (χ0n) is 17.4. The van der Waals surface area contributed by atoms with E-state index in [1.165, 1.54) is 18.2 Å². The molecule has 3 aromatic rings. The minimum absolute atomic E-state index is 0.0383. The van der Waals surface area contributed by atoms with Gasteiger partial charge >= 0.3 is 0 Å². The lowest BCUT2D eigenvalue weighted by atomic mass is 9.74. The molecule has 6 nitrogen and oxygen atoms in total. The van der Waals surface area contributed by atoms with Crippen molar-refractivity contribution in [2.75, 3.05) is 0 Å². The molecule has 0 bridgehead atoms. The lowest BCUT2D eigenvalue weighted by molar-refractivity contribution is -0.141. The molecule has 2 aliphatic rings. The molecule has 0 spiro atoms. The third kappa shape index (κ3) is 3.99. The minimum Gasteiger partial charge on any atom is -0.353 e. The number of carbonyl (C=O) groups is 3. The lowest BCUT2D eigenvalue weighted by Crippen LogP contribution is -2.49. The Morgan fingerprint density at radius 1 is 0.939 bits per heavy atom. The molecule has 9 heteroatoms. The summed E-state index contributed by atoms with van der Waals surface area (Å²) < 4.78 is 41.9. The highest BCUT2D eigenvalue weighted by Crippen LogP contribution is 2.45. The highest BCUT2D eigenvalue weighted by Gasteiger charge is 2.38. The molecule has 5 rings (SSSR count). The molecule has 3 N–H and O–H groups in total. The topological polar surface area (TPSA) is 91.1 Å². The molecule has 0 unspecified atom stereocenters. The zero-order valence-corrected chi connectivity index (χ0v) is 17.4. The van der Waals surface area contributed by atoms with E-state index in [9.17, 15) is 27.6 Å². The van der Waals surface area contributed by atoms with Crippen LogP contribution in [0.25, 0.3) is 22.2 Å². The van der Waals surface area contributed by atoms with E-state index in [-0.39, 0.29) is 36.2 Å². The van der Waals surface area contributed by atoms with Crippen LogP contribution in [0.15, 0.2) is 36.4 Å². The van der Waals surface area contributed by atoms with Crippen molar-refractivity contribution in [3.05, 3.63) is 59.4 Å². The van der Waals surface area contributed by atoms with Gasteiger partial charge in [-0.05, 0) is 60.2 Å². The maximum absolute atomic E-state index is 14.5. The highest BCUT2D eigenvalue weighted by atomic mass is 19.1. The van der Waals surface area contributed by atoms with Crippen LogP contribution in [0.3, 0.4) is 0 Å². The molecule has 1 saturated heterocycles. The number of amides is 3. The SMILES string of the molecule is O=C1CC(C(=O)N[C@H]2C[C@@H](c3c(-c4ccc(F)cc4)[nH]c4c(F)cc(F)cc43)C2)CC(=O)N1. The lowest BCUT2D eigenvalue weighted by Gasteiger charge is -2.37.